The number of hydrogen-bond donors (Lipinski definition) is 1. The molecule has 1 amide bonds. The summed E-state index contributed by atoms with van der Waals surface area (Å²) < 4.78 is 63.3. The summed E-state index contributed by atoms with van der Waals surface area (Å²) in [5, 5.41) is 0. The molecule has 3 heterocycles. The molecule has 4 aromatic rings. The monoisotopic (exact) mass is 461 g/mol. The smallest absolute Gasteiger partial charge is 0.491 e. The number of aromatic nitrogens is 3. The van der Waals surface area contributed by atoms with Crippen LogP contribution in [0.15, 0.2) is 42.9 Å². The van der Waals surface area contributed by atoms with E-state index >= 15 is 0 Å². The topological polar surface area (TPSA) is 95.0 Å². The van der Waals surface area contributed by atoms with Crippen LogP contribution in [-0.2, 0) is 0 Å². The number of nitrogens with zero attached hydrogens (tertiary/aromatic N) is 4. The third-order valence-electron chi connectivity index (χ3n) is 5.46. The minimum Gasteiger partial charge on any atom is -0.491 e. The first-order valence-corrected chi connectivity index (χ1v) is 9.63. The molecule has 170 valence electrons. The third-order valence-corrected chi connectivity index (χ3v) is 5.46. The van der Waals surface area contributed by atoms with Crippen molar-refractivity contribution in [1.29, 1.82) is 0 Å². The van der Waals surface area contributed by atoms with Gasteiger partial charge in [0.15, 0.2) is 0 Å². The van der Waals surface area contributed by atoms with E-state index < -0.39 is 29.9 Å². The maximum absolute atomic E-state index is 14.9. The molecule has 0 saturated carbocycles. The van der Waals surface area contributed by atoms with Crippen molar-refractivity contribution in [1.82, 2.24) is 19.3 Å². The van der Waals surface area contributed by atoms with Crippen LogP contribution in [0.25, 0.3) is 16.6 Å². The molecule has 0 saturated heterocycles. The second-order valence-electron chi connectivity index (χ2n) is 7.46. The molecule has 0 radical (unpaired) electrons. The van der Waals surface area contributed by atoms with E-state index in [1.165, 1.54) is 36.6 Å². The average Bonchev–Trinajstić information content (AvgIpc) is 3.39. The van der Waals surface area contributed by atoms with E-state index in [9.17, 15) is 22.4 Å². The van der Waals surface area contributed by atoms with Gasteiger partial charge in [-0.15, -0.1) is 13.2 Å². The van der Waals surface area contributed by atoms with Crippen LogP contribution in [0.5, 0.6) is 11.5 Å². The first-order valence-electron chi connectivity index (χ1n) is 9.63. The van der Waals surface area contributed by atoms with Crippen LogP contribution in [0.3, 0.4) is 0 Å². The molecule has 33 heavy (non-hydrogen) atoms. The second-order valence-corrected chi connectivity index (χ2v) is 7.46. The van der Waals surface area contributed by atoms with Crippen molar-refractivity contribution in [3.63, 3.8) is 0 Å². The first-order chi connectivity index (χ1) is 15.6. The van der Waals surface area contributed by atoms with Gasteiger partial charge in [0.05, 0.1) is 35.2 Å². The van der Waals surface area contributed by atoms with Crippen molar-refractivity contribution in [3.8, 4) is 11.5 Å². The van der Waals surface area contributed by atoms with E-state index in [-0.39, 0.29) is 29.3 Å². The van der Waals surface area contributed by atoms with Gasteiger partial charge in [-0.3, -0.25) is 9.20 Å². The second kappa shape index (κ2) is 7.22. The van der Waals surface area contributed by atoms with Gasteiger partial charge in [0.25, 0.3) is 5.91 Å². The van der Waals surface area contributed by atoms with Crippen LogP contribution < -0.4 is 15.2 Å². The number of halogens is 4. The molecule has 1 aliphatic heterocycles. The van der Waals surface area contributed by atoms with Crippen LogP contribution >= 0.6 is 0 Å². The van der Waals surface area contributed by atoms with Crippen LogP contribution in [0.2, 0.25) is 0 Å². The number of carbonyl (C=O) groups excluding carboxylic acids is 1. The number of fused-ring (bicyclic) bond motifs is 4. The standard InChI is InChI=1S/C21H15F4N5O3/c1-29(17-8-32-18-4-10(2-3-11(17)18)33-21(23,24)25)20(31)12-5-15-14(6-13(12)22)28-19(26)16-7-27-9-30(15)16/h2-7,9,17H,8H2,1H3,(H2,26,28). The quantitative estimate of drug-likeness (QED) is 0.468. The Labute approximate surface area is 183 Å². The maximum atomic E-state index is 14.9. The van der Waals surface area contributed by atoms with Crippen LogP contribution in [0.4, 0.5) is 23.4 Å². The van der Waals surface area contributed by atoms with Crippen LogP contribution in [0, 0.1) is 5.82 Å². The van der Waals surface area contributed by atoms with Gasteiger partial charge in [-0.25, -0.2) is 14.4 Å². The zero-order valence-electron chi connectivity index (χ0n) is 16.9. The van der Waals surface area contributed by atoms with Crippen molar-refractivity contribution in [3.05, 3.63) is 59.8 Å². The molecule has 2 aromatic carbocycles. The number of likely N-dealkylation sites (N-methyl/N-ethyl adjacent to an activating group) is 1. The summed E-state index contributed by atoms with van der Waals surface area (Å²) in [6.45, 7) is -0.00784. The molecule has 1 atom stereocenters. The molecule has 2 aromatic heterocycles. The normalized spacial score (nSPS) is 15.5. The predicted octanol–water partition coefficient (Wildman–Crippen LogP) is 3.71. The third kappa shape index (κ3) is 3.52. The van der Waals surface area contributed by atoms with Gasteiger partial charge >= 0.3 is 6.36 Å². The van der Waals surface area contributed by atoms with E-state index in [2.05, 4.69) is 14.7 Å². The highest BCUT2D eigenvalue weighted by Crippen LogP contribution is 2.39. The Morgan fingerprint density at radius 2 is 2.06 bits per heavy atom. The Hall–Kier alpha value is -4.09. The molecule has 8 nitrogen and oxygen atoms in total. The van der Waals surface area contributed by atoms with Crippen molar-refractivity contribution >= 4 is 28.3 Å². The average molecular weight is 461 g/mol. The van der Waals surface area contributed by atoms with Gasteiger partial charge in [0.2, 0.25) is 0 Å². The summed E-state index contributed by atoms with van der Waals surface area (Å²) in [5.41, 5.74) is 7.35. The highest BCUT2D eigenvalue weighted by Gasteiger charge is 2.35. The van der Waals surface area contributed by atoms with E-state index in [1.807, 2.05) is 0 Å². The number of anilines is 1. The number of imidazole rings is 1. The zero-order chi connectivity index (χ0) is 23.5. The number of hydrogen-bond acceptors (Lipinski definition) is 6. The molecule has 2 N–H and O–H groups in total. The molecule has 0 spiro atoms. The number of nitrogens with two attached hydrogens (primary N) is 1. The Morgan fingerprint density at radius 1 is 1.27 bits per heavy atom. The number of nitrogen functional groups attached to an aromatic ring is 1. The van der Waals surface area contributed by atoms with Crippen LogP contribution in [0.1, 0.15) is 22.0 Å². The molecule has 1 aliphatic rings. The Balaban J connectivity index is 1.48. The molecule has 0 aliphatic carbocycles. The van der Waals surface area contributed by atoms with Crippen molar-refractivity contribution < 1.29 is 31.8 Å². The lowest BCUT2D eigenvalue weighted by molar-refractivity contribution is -0.274. The lowest BCUT2D eigenvalue weighted by Crippen LogP contribution is -2.32. The molecule has 0 fully saturated rings. The van der Waals surface area contributed by atoms with Crippen molar-refractivity contribution in [2.75, 3.05) is 19.4 Å². The van der Waals surface area contributed by atoms with Gasteiger partial charge in [0, 0.05) is 24.7 Å². The SMILES string of the molecule is CN(C(=O)c1cc2c(cc1F)nc(N)c1cncn12)C1COc2cc(OC(F)(F)F)ccc21. The lowest BCUT2D eigenvalue weighted by atomic mass is 10.1. The summed E-state index contributed by atoms with van der Waals surface area (Å²) in [6.07, 6.45) is -1.86. The Kier molecular flexibility index (Phi) is 4.55. The van der Waals surface area contributed by atoms with Crippen molar-refractivity contribution in [2.45, 2.75) is 12.4 Å². The summed E-state index contributed by atoms with van der Waals surface area (Å²) in [5.74, 6) is -1.55. The van der Waals surface area contributed by atoms with Gasteiger partial charge in [0.1, 0.15) is 35.3 Å². The molecule has 0 bridgehead atoms. The minimum atomic E-state index is -4.84. The van der Waals surface area contributed by atoms with E-state index in [1.54, 1.807) is 4.40 Å². The molecule has 12 heteroatoms. The summed E-state index contributed by atoms with van der Waals surface area (Å²) in [4.78, 5) is 22.6. The van der Waals surface area contributed by atoms with E-state index in [0.29, 0.717) is 16.6 Å². The van der Waals surface area contributed by atoms with Gasteiger partial charge in [-0.2, -0.15) is 0 Å². The highest BCUT2D eigenvalue weighted by atomic mass is 19.4. The Morgan fingerprint density at radius 3 is 2.82 bits per heavy atom. The van der Waals surface area contributed by atoms with Gasteiger partial charge in [-0.1, -0.05) is 0 Å². The number of amides is 1. The summed E-state index contributed by atoms with van der Waals surface area (Å²) >= 11 is 0. The van der Waals surface area contributed by atoms with Gasteiger partial charge < -0.3 is 20.1 Å². The number of benzene rings is 2. The van der Waals surface area contributed by atoms with E-state index in [4.69, 9.17) is 10.5 Å². The largest absolute Gasteiger partial charge is 0.573 e. The zero-order valence-corrected chi connectivity index (χ0v) is 16.9. The Bertz CT molecular complexity index is 1420. The first kappa shape index (κ1) is 20.8. The maximum Gasteiger partial charge on any atom is 0.573 e. The number of alkyl halides is 3. The van der Waals surface area contributed by atoms with Crippen LogP contribution in [-0.4, -0.2) is 45.2 Å². The molecular formula is C21H15F4N5O3. The number of ether oxygens (including phenoxy) is 2. The highest BCUT2D eigenvalue weighted by molar-refractivity contribution is 5.98. The number of rotatable bonds is 3. The van der Waals surface area contributed by atoms with Crippen molar-refractivity contribution in [2.24, 2.45) is 0 Å². The molecular weight excluding hydrogens is 446 g/mol. The number of carbonyl (C=O) groups is 1. The lowest BCUT2D eigenvalue weighted by Gasteiger charge is -2.24. The summed E-state index contributed by atoms with van der Waals surface area (Å²) in [7, 11) is 1.46. The molecule has 1 unspecified atom stereocenters. The van der Waals surface area contributed by atoms with Gasteiger partial charge in [-0.05, 0) is 18.2 Å². The molecule has 5 rings (SSSR count). The minimum absolute atomic E-state index is 0.00784. The summed E-state index contributed by atoms with van der Waals surface area (Å²) in [6, 6.07) is 5.46. The predicted molar refractivity (Wildman–Crippen MR) is 108 cm³/mol. The fourth-order valence-corrected chi connectivity index (χ4v) is 3.88. The fraction of sp³-hybridized carbons (Fsp3) is 0.190. The fourth-order valence-electron chi connectivity index (χ4n) is 3.88. The van der Waals surface area contributed by atoms with E-state index in [0.717, 1.165) is 18.2 Å².